The average Bonchev–Trinajstić information content (AvgIpc) is 2.69. The van der Waals surface area contributed by atoms with Crippen LogP contribution < -0.4 is 4.72 Å². The molecule has 2 rings (SSSR count). The van der Waals surface area contributed by atoms with Gasteiger partial charge in [0.05, 0.1) is 11.4 Å². The predicted octanol–water partition coefficient (Wildman–Crippen LogP) is 2.16. The molecular formula is C12H14ClN3O2S. The van der Waals surface area contributed by atoms with Crippen LogP contribution in [0.15, 0.2) is 29.2 Å². The van der Waals surface area contributed by atoms with Gasteiger partial charge in [-0.25, -0.2) is 13.1 Å². The van der Waals surface area contributed by atoms with Crippen LogP contribution in [0, 0.1) is 13.8 Å². The smallest absolute Gasteiger partial charge is 0.244 e. The van der Waals surface area contributed by atoms with E-state index in [0.29, 0.717) is 16.4 Å². The fourth-order valence-corrected chi connectivity index (χ4v) is 3.30. The Labute approximate surface area is 117 Å². The molecule has 2 N–H and O–H groups in total. The maximum Gasteiger partial charge on any atom is 0.244 e. The summed E-state index contributed by atoms with van der Waals surface area (Å²) >= 11 is 5.77. The number of rotatable bonds is 4. The van der Waals surface area contributed by atoms with Crippen LogP contribution >= 0.6 is 11.6 Å². The zero-order chi connectivity index (χ0) is 14.0. The van der Waals surface area contributed by atoms with Crippen LogP contribution in [0.25, 0.3) is 0 Å². The number of nitrogens with one attached hydrogen (secondary N) is 2. The van der Waals surface area contributed by atoms with Crippen LogP contribution in [0.5, 0.6) is 0 Å². The van der Waals surface area contributed by atoms with Crippen molar-refractivity contribution in [2.45, 2.75) is 25.3 Å². The summed E-state index contributed by atoms with van der Waals surface area (Å²) in [6.07, 6.45) is 0. The summed E-state index contributed by atoms with van der Waals surface area (Å²) in [6, 6.07) is 7.00. The lowest BCUT2D eigenvalue weighted by Gasteiger charge is -2.07. The average molecular weight is 300 g/mol. The van der Waals surface area contributed by atoms with Crippen LogP contribution in [-0.4, -0.2) is 18.6 Å². The molecule has 0 atom stereocenters. The van der Waals surface area contributed by atoms with E-state index in [1.54, 1.807) is 38.1 Å². The molecule has 0 saturated carbocycles. The molecule has 19 heavy (non-hydrogen) atoms. The van der Waals surface area contributed by atoms with Gasteiger partial charge in [0.2, 0.25) is 10.0 Å². The van der Waals surface area contributed by atoms with Gasteiger partial charge < -0.3 is 0 Å². The van der Waals surface area contributed by atoms with Gasteiger partial charge in [-0.2, -0.15) is 5.10 Å². The van der Waals surface area contributed by atoms with Crippen molar-refractivity contribution < 1.29 is 8.42 Å². The molecule has 1 aromatic heterocycles. The monoisotopic (exact) mass is 299 g/mol. The van der Waals surface area contributed by atoms with E-state index in [1.165, 1.54) is 0 Å². The molecule has 5 nitrogen and oxygen atoms in total. The van der Waals surface area contributed by atoms with Gasteiger partial charge in [0, 0.05) is 11.6 Å². The second-order valence-corrected chi connectivity index (χ2v) is 6.35. The second kappa shape index (κ2) is 5.32. The minimum Gasteiger partial charge on any atom is -0.281 e. The van der Waals surface area contributed by atoms with Crippen LogP contribution in [-0.2, 0) is 16.6 Å². The molecule has 0 spiro atoms. The van der Waals surface area contributed by atoms with Crippen molar-refractivity contribution in [1.82, 2.24) is 14.9 Å². The Morgan fingerprint density at radius 3 is 2.42 bits per heavy atom. The summed E-state index contributed by atoms with van der Waals surface area (Å²) in [6.45, 7) is 3.54. The Hall–Kier alpha value is -1.37. The van der Waals surface area contributed by atoms with E-state index in [9.17, 15) is 8.42 Å². The normalized spacial score (nSPS) is 11.7. The van der Waals surface area contributed by atoms with E-state index < -0.39 is 10.0 Å². The number of hydrogen-bond acceptors (Lipinski definition) is 3. The Balaban J connectivity index is 2.17. The maximum atomic E-state index is 12.2. The lowest BCUT2D eigenvalue weighted by Crippen LogP contribution is -2.24. The summed E-state index contributed by atoms with van der Waals surface area (Å²) < 4.78 is 26.9. The number of aryl methyl sites for hydroxylation is 2. The maximum absolute atomic E-state index is 12.2. The molecule has 102 valence electrons. The van der Waals surface area contributed by atoms with Crippen molar-refractivity contribution in [3.8, 4) is 0 Å². The Bertz CT molecular complexity index is 658. The first-order chi connectivity index (χ1) is 8.90. The number of aromatic nitrogens is 2. The quantitative estimate of drug-likeness (QED) is 0.908. The first-order valence-electron chi connectivity index (χ1n) is 5.66. The number of sulfonamides is 1. The number of H-pyrrole nitrogens is 1. The highest BCUT2D eigenvalue weighted by Crippen LogP contribution is 2.17. The fourth-order valence-electron chi connectivity index (χ4n) is 1.79. The summed E-state index contributed by atoms with van der Waals surface area (Å²) in [7, 11) is -3.56. The molecule has 1 heterocycles. The highest BCUT2D eigenvalue weighted by Gasteiger charge is 2.21. The largest absolute Gasteiger partial charge is 0.281 e. The SMILES string of the molecule is Cc1n[nH]c(C)c1S(=O)(=O)NCc1ccc(Cl)cc1. The fraction of sp³-hybridized carbons (Fsp3) is 0.250. The van der Waals surface area contributed by atoms with Gasteiger partial charge in [-0.15, -0.1) is 0 Å². The third-order valence-electron chi connectivity index (χ3n) is 2.71. The van der Waals surface area contributed by atoms with Crippen LogP contribution in [0.3, 0.4) is 0 Å². The van der Waals surface area contributed by atoms with Crippen molar-refractivity contribution in [1.29, 1.82) is 0 Å². The minimum absolute atomic E-state index is 0.210. The van der Waals surface area contributed by atoms with E-state index in [2.05, 4.69) is 14.9 Å². The highest BCUT2D eigenvalue weighted by molar-refractivity contribution is 7.89. The van der Waals surface area contributed by atoms with Crippen molar-refractivity contribution in [2.24, 2.45) is 0 Å². The predicted molar refractivity (Wildman–Crippen MR) is 73.5 cm³/mol. The van der Waals surface area contributed by atoms with Crippen molar-refractivity contribution in [3.63, 3.8) is 0 Å². The van der Waals surface area contributed by atoms with E-state index in [0.717, 1.165) is 5.56 Å². The molecular weight excluding hydrogens is 286 g/mol. The third-order valence-corrected chi connectivity index (χ3v) is 4.62. The summed E-state index contributed by atoms with van der Waals surface area (Å²) in [5, 5.41) is 7.17. The van der Waals surface area contributed by atoms with E-state index in [4.69, 9.17) is 11.6 Å². The molecule has 0 radical (unpaired) electrons. The first-order valence-corrected chi connectivity index (χ1v) is 7.52. The van der Waals surface area contributed by atoms with Crippen LogP contribution in [0.1, 0.15) is 17.0 Å². The highest BCUT2D eigenvalue weighted by atomic mass is 35.5. The number of nitrogens with zero attached hydrogens (tertiary/aromatic N) is 1. The van der Waals surface area contributed by atoms with E-state index in [1.807, 2.05) is 0 Å². The molecule has 0 fully saturated rings. The lowest BCUT2D eigenvalue weighted by atomic mass is 10.2. The van der Waals surface area contributed by atoms with Gasteiger partial charge >= 0.3 is 0 Å². The van der Waals surface area contributed by atoms with Gasteiger partial charge in [-0.1, -0.05) is 23.7 Å². The van der Waals surface area contributed by atoms with Gasteiger partial charge in [-0.05, 0) is 31.5 Å². The number of aromatic amines is 1. The van der Waals surface area contributed by atoms with Gasteiger partial charge in [0.15, 0.2) is 0 Å². The van der Waals surface area contributed by atoms with Crippen LogP contribution in [0.4, 0.5) is 0 Å². The molecule has 0 amide bonds. The summed E-state index contributed by atoms with van der Waals surface area (Å²) in [4.78, 5) is 0.210. The Morgan fingerprint density at radius 1 is 1.26 bits per heavy atom. The molecule has 1 aromatic carbocycles. The molecule has 0 aliphatic rings. The Kier molecular flexibility index (Phi) is 3.93. The topological polar surface area (TPSA) is 74.8 Å². The molecule has 2 aromatic rings. The molecule has 0 bridgehead atoms. The van der Waals surface area contributed by atoms with Gasteiger partial charge in [0.1, 0.15) is 4.90 Å². The number of benzene rings is 1. The number of hydrogen-bond donors (Lipinski definition) is 2. The Morgan fingerprint density at radius 2 is 1.89 bits per heavy atom. The standard InChI is InChI=1S/C12H14ClN3O2S/c1-8-12(9(2)16-15-8)19(17,18)14-7-10-3-5-11(13)6-4-10/h3-6,14H,7H2,1-2H3,(H,15,16). The zero-order valence-corrected chi connectivity index (χ0v) is 12.1. The lowest BCUT2D eigenvalue weighted by molar-refractivity contribution is 0.580. The first kappa shape index (κ1) is 14.0. The molecule has 7 heteroatoms. The summed E-state index contributed by atoms with van der Waals surface area (Å²) in [5.41, 5.74) is 1.83. The van der Waals surface area contributed by atoms with Crippen molar-refractivity contribution in [2.75, 3.05) is 0 Å². The van der Waals surface area contributed by atoms with E-state index >= 15 is 0 Å². The van der Waals surface area contributed by atoms with E-state index in [-0.39, 0.29) is 11.4 Å². The van der Waals surface area contributed by atoms with Crippen LogP contribution in [0.2, 0.25) is 5.02 Å². The molecule has 0 aliphatic carbocycles. The molecule has 0 saturated heterocycles. The minimum atomic E-state index is -3.56. The zero-order valence-electron chi connectivity index (χ0n) is 10.6. The third kappa shape index (κ3) is 3.15. The number of halogens is 1. The van der Waals surface area contributed by atoms with Crippen molar-refractivity contribution in [3.05, 3.63) is 46.2 Å². The summed E-state index contributed by atoms with van der Waals surface area (Å²) in [5.74, 6) is 0. The second-order valence-electron chi connectivity index (χ2n) is 4.21. The van der Waals surface area contributed by atoms with Gasteiger partial charge in [0.25, 0.3) is 0 Å². The van der Waals surface area contributed by atoms with Gasteiger partial charge in [-0.3, -0.25) is 5.10 Å². The molecule has 0 aliphatic heterocycles. The molecule has 0 unspecified atom stereocenters. The van der Waals surface area contributed by atoms with Crippen molar-refractivity contribution >= 4 is 21.6 Å².